The molecule has 0 unspecified atom stereocenters. The number of halogens is 2. The van der Waals surface area contributed by atoms with Crippen molar-refractivity contribution in [1.82, 2.24) is 9.69 Å². The Bertz CT molecular complexity index is 1190. The minimum absolute atomic E-state index is 0.0275. The Balaban J connectivity index is 1.87. The van der Waals surface area contributed by atoms with Crippen molar-refractivity contribution in [2.24, 2.45) is 0 Å². The second-order valence-electron chi connectivity index (χ2n) is 8.44. The predicted octanol–water partition coefficient (Wildman–Crippen LogP) is 6.47. The van der Waals surface area contributed by atoms with Crippen LogP contribution < -0.4 is 15.0 Å². The topological polar surface area (TPSA) is 71.5 Å². The quantitative estimate of drug-likeness (QED) is 0.361. The van der Waals surface area contributed by atoms with Crippen molar-refractivity contribution in [3.63, 3.8) is 0 Å². The Labute approximate surface area is 219 Å². The van der Waals surface area contributed by atoms with E-state index in [-0.39, 0.29) is 27.0 Å². The van der Waals surface area contributed by atoms with Crippen molar-refractivity contribution in [1.29, 1.82) is 0 Å². The molecule has 1 saturated carbocycles. The number of hydrogen-bond donors (Lipinski definition) is 1. The normalized spacial score (nSPS) is 14.5. The highest BCUT2D eigenvalue weighted by Crippen LogP contribution is 2.37. The number of aromatic nitrogens is 1. The molecule has 184 valence electrons. The molecule has 0 saturated heterocycles. The van der Waals surface area contributed by atoms with Crippen LogP contribution in [0.5, 0.6) is 5.75 Å². The van der Waals surface area contributed by atoms with Gasteiger partial charge in [-0.05, 0) is 60.1 Å². The van der Waals surface area contributed by atoms with Crippen LogP contribution in [-0.4, -0.2) is 29.3 Å². The van der Waals surface area contributed by atoms with Crippen molar-refractivity contribution in [3.05, 3.63) is 74.7 Å². The predicted molar refractivity (Wildman–Crippen MR) is 141 cm³/mol. The largest absolute Gasteiger partial charge is 0.497 e. The van der Waals surface area contributed by atoms with Crippen LogP contribution in [0.4, 0.5) is 5.69 Å². The Morgan fingerprint density at radius 1 is 1.14 bits per heavy atom. The fourth-order valence-corrected chi connectivity index (χ4v) is 5.46. The summed E-state index contributed by atoms with van der Waals surface area (Å²) in [4.78, 5) is 29.4. The second kappa shape index (κ2) is 11.4. The number of nitrogens with one attached hydrogen (secondary N) is 1. The van der Waals surface area contributed by atoms with Crippen LogP contribution in [0.3, 0.4) is 0 Å². The number of hydrogen-bond acceptors (Lipinski definition) is 5. The highest BCUT2D eigenvalue weighted by Gasteiger charge is 2.37. The first-order chi connectivity index (χ1) is 16.9. The van der Waals surface area contributed by atoms with E-state index in [1.807, 2.05) is 43.3 Å². The number of nitrogens with zero attached hydrogens (tertiary/aromatic N) is 2. The first-order valence-corrected chi connectivity index (χ1v) is 13.1. The molecule has 1 aliphatic carbocycles. The molecule has 0 spiro atoms. The van der Waals surface area contributed by atoms with Crippen molar-refractivity contribution in [3.8, 4) is 5.75 Å². The van der Waals surface area contributed by atoms with Crippen LogP contribution >= 0.6 is 34.7 Å². The summed E-state index contributed by atoms with van der Waals surface area (Å²) in [5.74, 6) is -0.0786. The van der Waals surface area contributed by atoms with E-state index in [0.717, 1.165) is 42.8 Å². The number of para-hydroxylation sites is 1. The van der Waals surface area contributed by atoms with Gasteiger partial charge < -0.3 is 10.1 Å². The Morgan fingerprint density at radius 2 is 1.83 bits per heavy atom. The molecule has 1 aromatic heterocycles. The molecule has 4 rings (SSSR count). The SMILES string of the molecule is CCc1ccccc1N(C(=O)c1nsc(Cl)c1Cl)[C@@H](C(=O)NC1CCCC1)c1ccc(OC)cc1. The van der Waals surface area contributed by atoms with Crippen molar-refractivity contribution < 1.29 is 14.3 Å². The maximum atomic E-state index is 14.0. The fourth-order valence-electron chi connectivity index (χ4n) is 4.47. The summed E-state index contributed by atoms with van der Waals surface area (Å²) in [5, 5.41) is 3.27. The molecule has 1 atom stereocenters. The third-order valence-electron chi connectivity index (χ3n) is 6.29. The van der Waals surface area contributed by atoms with Crippen LogP contribution in [0.25, 0.3) is 0 Å². The minimum Gasteiger partial charge on any atom is -0.497 e. The second-order valence-corrected chi connectivity index (χ2v) is 10.2. The molecule has 1 N–H and O–H groups in total. The maximum absolute atomic E-state index is 14.0. The molecule has 1 fully saturated rings. The summed E-state index contributed by atoms with van der Waals surface area (Å²) in [6.07, 6.45) is 4.67. The van der Waals surface area contributed by atoms with Gasteiger partial charge in [0.15, 0.2) is 5.69 Å². The number of benzene rings is 2. The molecule has 2 aromatic carbocycles. The van der Waals surface area contributed by atoms with E-state index in [4.69, 9.17) is 27.9 Å². The summed E-state index contributed by atoms with van der Waals surface area (Å²) >= 11 is 13.5. The third kappa shape index (κ3) is 5.47. The smallest absolute Gasteiger partial charge is 0.280 e. The highest BCUT2D eigenvalue weighted by molar-refractivity contribution is 7.11. The molecule has 0 radical (unpaired) electrons. The molecule has 1 heterocycles. The lowest BCUT2D eigenvalue weighted by Gasteiger charge is -2.33. The van der Waals surface area contributed by atoms with E-state index in [2.05, 4.69) is 9.69 Å². The van der Waals surface area contributed by atoms with Crippen LogP contribution in [0, 0.1) is 0 Å². The standard InChI is InChI=1S/C26H27Cl2N3O3S/c1-3-16-8-4-7-11-20(16)31(26(33)22-21(27)24(28)35-30-22)23(17-12-14-19(34-2)15-13-17)25(32)29-18-9-5-6-10-18/h4,7-8,11-15,18,23H,3,5-6,9-10H2,1-2H3,(H,29,32)/t23-/m1/s1. The van der Waals surface area contributed by atoms with Gasteiger partial charge in [-0.1, -0.05) is 73.3 Å². The first kappa shape index (κ1) is 25.5. The zero-order valence-electron chi connectivity index (χ0n) is 19.6. The summed E-state index contributed by atoms with van der Waals surface area (Å²) in [7, 11) is 1.58. The number of aryl methyl sites for hydroxylation is 1. The van der Waals surface area contributed by atoms with E-state index < -0.39 is 11.9 Å². The molecule has 2 amide bonds. The Hall–Kier alpha value is -2.61. The molecule has 9 heteroatoms. The highest BCUT2D eigenvalue weighted by atomic mass is 35.5. The van der Waals surface area contributed by atoms with Gasteiger partial charge >= 0.3 is 0 Å². The zero-order valence-corrected chi connectivity index (χ0v) is 21.9. The van der Waals surface area contributed by atoms with Crippen molar-refractivity contribution >= 4 is 52.2 Å². The number of carbonyl (C=O) groups is 2. The summed E-state index contributed by atoms with van der Waals surface area (Å²) in [6.45, 7) is 2.01. The number of ether oxygens (including phenoxy) is 1. The molecule has 1 aliphatic rings. The molecular formula is C26H27Cl2N3O3S. The lowest BCUT2D eigenvalue weighted by atomic mass is 9.99. The Kier molecular flexibility index (Phi) is 8.31. The van der Waals surface area contributed by atoms with Gasteiger partial charge in [-0.25, -0.2) is 0 Å². The number of amides is 2. The van der Waals surface area contributed by atoms with Gasteiger partial charge in [0.05, 0.1) is 7.11 Å². The lowest BCUT2D eigenvalue weighted by Crippen LogP contribution is -2.46. The van der Waals surface area contributed by atoms with Gasteiger partial charge in [0.25, 0.3) is 5.91 Å². The number of anilines is 1. The van der Waals surface area contributed by atoms with Gasteiger partial charge in [0.1, 0.15) is 21.2 Å². The lowest BCUT2D eigenvalue weighted by molar-refractivity contribution is -0.123. The molecule has 3 aromatic rings. The molecule has 0 aliphatic heterocycles. The van der Waals surface area contributed by atoms with Gasteiger partial charge in [-0.15, -0.1) is 0 Å². The van der Waals surface area contributed by atoms with Crippen LogP contribution in [0.2, 0.25) is 9.36 Å². The van der Waals surface area contributed by atoms with Gasteiger partial charge in [-0.3, -0.25) is 14.5 Å². The van der Waals surface area contributed by atoms with Gasteiger partial charge in [0.2, 0.25) is 5.91 Å². The van der Waals surface area contributed by atoms with Gasteiger partial charge in [0, 0.05) is 11.7 Å². The summed E-state index contributed by atoms with van der Waals surface area (Å²) in [5.41, 5.74) is 2.23. The van der Waals surface area contributed by atoms with Crippen molar-refractivity contribution in [2.45, 2.75) is 51.1 Å². The summed E-state index contributed by atoms with van der Waals surface area (Å²) < 4.78 is 9.76. The average Bonchev–Trinajstić information content (AvgIpc) is 3.51. The van der Waals surface area contributed by atoms with Gasteiger partial charge in [-0.2, -0.15) is 4.37 Å². The molecule has 6 nitrogen and oxygen atoms in total. The number of carbonyl (C=O) groups excluding carboxylic acids is 2. The summed E-state index contributed by atoms with van der Waals surface area (Å²) in [6, 6.07) is 13.9. The van der Waals surface area contributed by atoms with Crippen LogP contribution in [0.1, 0.15) is 60.3 Å². The third-order valence-corrected chi connectivity index (χ3v) is 7.90. The fraction of sp³-hybridized carbons (Fsp3) is 0.346. The van der Waals surface area contributed by atoms with E-state index >= 15 is 0 Å². The van der Waals surface area contributed by atoms with Crippen LogP contribution in [0.15, 0.2) is 48.5 Å². The zero-order chi connectivity index (χ0) is 24.9. The Morgan fingerprint density at radius 3 is 2.43 bits per heavy atom. The number of rotatable bonds is 8. The number of methoxy groups -OCH3 is 1. The monoisotopic (exact) mass is 531 g/mol. The average molecular weight is 532 g/mol. The van der Waals surface area contributed by atoms with Crippen molar-refractivity contribution in [2.75, 3.05) is 12.0 Å². The molecular weight excluding hydrogens is 505 g/mol. The van der Waals surface area contributed by atoms with E-state index in [1.54, 1.807) is 19.2 Å². The molecule has 35 heavy (non-hydrogen) atoms. The van der Waals surface area contributed by atoms with E-state index in [9.17, 15) is 9.59 Å². The molecule has 0 bridgehead atoms. The maximum Gasteiger partial charge on any atom is 0.280 e. The van der Waals surface area contributed by atoms with E-state index in [0.29, 0.717) is 23.4 Å². The minimum atomic E-state index is -0.946. The van der Waals surface area contributed by atoms with E-state index in [1.165, 1.54) is 4.90 Å². The van der Waals surface area contributed by atoms with Crippen LogP contribution in [-0.2, 0) is 11.2 Å². The first-order valence-electron chi connectivity index (χ1n) is 11.6.